The number of benzene rings is 2. The van der Waals surface area contributed by atoms with Gasteiger partial charge in [0, 0.05) is 23.3 Å². The number of carbonyl (C=O) groups is 2. The number of amides is 1. The molecule has 1 aliphatic carbocycles. The lowest BCUT2D eigenvalue weighted by molar-refractivity contribution is -0.154. The Bertz CT molecular complexity index is 1210. The highest BCUT2D eigenvalue weighted by atomic mass is 16.4. The third-order valence-corrected chi connectivity index (χ3v) is 8.26. The molecule has 0 unspecified atom stereocenters. The average Bonchev–Trinajstić information content (AvgIpc) is 3.47. The molecule has 0 radical (unpaired) electrons. The predicted octanol–water partition coefficient (Wildman–Crippen LogP) is 6.17. The Kier molecular flexibility index (Phi) is 7.13. The third-order valence-electron chi connectivity index (χ3n) is 8.26. The molecule has 5 rings (SSSR count). The van der Waals surface area contributed by atoms with E-state index >= 15 is 0 Å². The molecule has 0 bridgehead atoms. The molecular weight excluding hydrogens is 464 g/mol. The molecular formula is C31H38N2O4. The molecule has 1 saturated carbocycles. The van der Waals surface area contributed by atoms with Crippen molar-refractivity contribution in [2.45, 2.75) is 77.5 Å². The number of furan rings is 1. The van der Waals surface area contributed by atoms with E-state index in [-0.39, 0.29) is 35.2 Å². The maximum absolute atomic E-state index is 14.1. The summed E-state index contributed by atoms with van der Waals surface area (Å²) in [5.74, 6) is -0.561. The van der Waals surface area contributed by atoms with Gasteiger partial charge in [-0.15, -0.1) is 0 Å². The van der Waals surface area contributed by atoms with Crippen molar-refractivity contribution in [3.63, 3.8) is 0 Å². The summed E-state index contributed by atoms with van der Waals surface area (Å²) in [5, 5.41) is 15.3. The second-order valence-corrected chi connectivity index (χ2v) is 11.8. The SMILES string of the molecule is CC(C)(C)[C@H]1[C@H](NCc2cc3ccccc3o2)[C@H](c2ccccc2)N(C(=O)C2CCCCC2)[C@@H]1C(=O)O. The fourth-order valence-electron chi connectivity index (χ4n) is 6.63. The maximum Gasteiger partial charge on any atom is 0.326 e. The Hall–Kier alpha value is -3.12. The van der Waals surface area contributed by atoms with Crippen LogP contribution in [-0.2, 0) is 16.1 Å². The number of nitrogens with one attached hydrogen (secondary N) is 1. The van der Waals surface area contributed by atoms with E-state index in [1.54, 1.807) is 4.90 Å². The van der Waals surface area contributed by atoms with Crippen LogP contribution < -0.4 is 5.32 Å². The van der Waals surface area contributed by atoms with Crippen LogP contribution in [0.2, 0.25) is 0 Å². The van der Waals surface area contributed by atoms with Crippen LogP contribution >= 0.6 is 0 Å². The third kappa shape index (κ3) is 5.04. The number of carbonyl (C=O) groups excluding carboxylic acids is 1. The molecule has 196 valence electrons. The van der Waals surface area contributed by atoms with Crippen LogP contribution in [0, 0.1) is 17.3 Å². The highest BCUT2D eigenvalue weighted by Gasteiger charge is 2.58. The quantitative estimate of drug-likeness (QED) is 0.421. The topological polar surface area (TPSA) is 82.8 Å². The normalized spacial score (nSPS) is 25.0. The minimum absolute atomic E-state index is 0.0109. The van der Waals surface area contributed by atoms with E-state index in [9.17, 15) is 14.7 Å². The van der Waals surface area contributed by atoms with Gasteiger partial charge < -0.3 is 19.7 Å². The van der Waals surface area contributed by atoms with E-state index in [1.807, 2.05) is 60.7 Å². The smallest absolute Gasteiger partial charge is 0.326 e. The predicted molar refractivity (Wildman–Crippen MR) is 144 cm³/mol. The molecule has 3 aromatic rings. The number of carboxylic acids is 1. The molecule has 4 atom stereocenters. The molecule has 2 fully saturated rings. The van der Waals surface area contributed by atoms with Gasteiger partial charge in [-0.05, 0) is 36.0 Å². The van der Waals surface area contributed by atoms with Crippen LogP contribution in [0.4, 0.5) is 0 Å². The zero-order valence-corrected chi connectivity index (χ0v) is 22.0. The summed E-state index contributed by atoms with van der Waals surface area (Å²) in [4.78, 5) is 28.8. The molecule has 1 aromatic heterocycles. The van der Waals surface area contributed by atoms with Crippen LogP contribution in [0.25, 0.3) is 11.0 Å². The number of carboxylic acid groups (broad SMARTS) is 1. The number of hydrogen-bond acceptors (Lipinski definition) is 4. The highest BCUT2D eigenvalue weighted by molar-refractivity contribution is 5.87. The molecule has 2 aromatic carbocycles. The molecule has 1 saturated heterocycles. The lowest BCUT2D eigenvalue weighted by Gasteiger charge is -2.36. The van der Waals surface area contributed by atoms with Crippen LogP contribution in [0.5, 0.6) is 0 Å². The van der Waals surface area contributed by atoms with E-state index in [0.717, 1.165) is 54.4 Å². The van der Waals surface area contributed by atoms with Gasteiger partial charge in [-0.25, -0.2) is 4.79 Å². The average molecular weight is 503 g/mol. The minimum atomic E-state index is -0.932. The van der Waals surface area contributed by atoms with Crippen LogP contribution in [0.1, 0.15) is 70.2 Å². The Balaban J connectivity index is 1.56. The van der Waals surface area contributed by atoms with E-state index in [0.29, 0.717) is 6.54 Å². The fraction of sp³-hybridized carbons (Fsp3) is 0.484. The summed E-state index contributed by atoms with van der Waals surface area (Å²) in [6.45, 7) is 6.70. The Morgan fingerprint density at radius 3 is 2.32 bits per heavy atom. The standard InChI is InChI=1S/C31H38N2O4/c1-31(2,3)25-26(32-19-23-18-22-16-10-11-17-24(22)37-23)27(20-12-6-4-7-13-20)33(28(25)30(35)36)29(34)21-14-8-5-9-15-21/h4,6-7,10-13,16-18,21,25-28,32H,5,8-9,14-15,19H2,1-3H3,(H,35,36)/t25-,26-,27-,28-/m0/s1. The first-order valence-corrected chi connectivity index (χ1v) is 13.6. The Morgan fingerprint density at radius 1 is 1.00 bits per heavy atom. The largest absolute Gasteiger partial charge is 0.480 e. The number of rotatable bonds is 6. The molecule has 2 N–H and O–H groups in total. The first-order valence-electron chi connectivity index (χ1n) is 13.6. The van der Waals surface area contributed by atoms with Crippen molar-refractivity contribution in [2.24, 2.45) is 17.3 Å². The molecule has 2 aliphatic rings. The van der Waals surface area contributed by atoms with Gasteiger partial charge in [-0.3, -0.25) is 4.79 Å². The van der Waals surface area contributed by atoms with Crippen molar-refractivity contribution in [3.8, 4) is 0 Å². The van der Waals surface area contributed by atoms with Crippen molar-refractivity contribution in [1.82, 2.24) is 10.2 Å². The molecule has 0 spiro atoms. The molecule has 6 heteroatoms. The summed E-state index contributed by atoms with van der Waals surface area (Å²) in [5.41, 5.74) is 1.44. The number of aliphatic carboxylic acids is 1. The van der Waals surface area contributed by atoms with E-state index in [4.69, 9.17) is 4.42 Å². The lowest BCUT2D eigenvalue weighted by atomic mass is 9.72. The van der Waals surface area contributed by atoms with E-state index in [1.165, 1.54) is 0 Å². The number of para-hydroxylation sites is 1. The maximum atomic E-state index is 14.1. The zero-order valence-electron chi connectivity index (χ0n) is 22.0. The van der Waals surface area contributed by atoms with Gasteiger partial charge in [-0.1, -0.05) is 88.6 Å². The van der Waals surface area contributed by atoms with E-state index in [2.05, 4.69) is 26.1 Å². The van der Waals surface area contributed by atoms with Gasteiger partial charge in [0.25, 0.3) is 0 Å². The number of nitrogens with zero attached hydrogens (tertiary/aromatic N) is 1. The minimum Gasteiger partial charge on any atom is -0.480 e. The summed E-state index contributed by atoms with van der Waals surface area (Å²) >= 11 is 0. The molecule has 2 heterocycles. The number of likely N-dealkylation sites (tertiary alicyclic amines) is 1. The van der Waals surface area contributed by atoms with Crippen molar-refractivity contribution < 1.29 is 19.1 Å². The van der Waals surface area contributed by atoms with Crippen molar-refractivity contribution >= 4 is 22.8 Å². The van der Waals surface area contributed by atoms with Crippen molar-refractivity contribution in [2.75, 3.05) is 0 Å². The summed E-state index contributed by atoms with van der Waals surface area (Å²) < 4.78 is 6.07. The first-order chi connectivity index (χ1) is 17.8. The lowest BCUT2D eigenvalue weighted by Crippen LogP contribution is -2.49. The van der Waals surface area contributed by atoms with Crippen molar-refractivity contribution in [3.05, 3.63) is 72.0 Å². The Morgan fingerprint density at radius 2 is 1.68 bits per heavy atom. The summed E-state index contributed by atoms with van der Waals surface area (Å²) in [6, 6.07) is 18.3. The van der Waals surface area contributed by atoms with Gasteiger partial charge >= 0.3 is 5.97 Å². The van der Waals surface area contributed by atoms with Gasteiger partial charge in [0.2, 0.25) is 5.91 Å². The van der Waals surface area contributed by atoms with Crippen LogP contribution in [0.15, 0.2) is 65.1 Å². The van der Waals surface area contributed by atoms with Crippen LogP contribution in [0.3, 0.4) is 0 Å². The monoisotopic (exact) mass is 502 g/mol. The van der Waals surface area contributed by atoms with Crippen LogP contribution in [-0.4, -0.2) is 34.0 Å². The summed E-state index contributed by atoms with van der Waals surface area (Å²) in [7, 11) is 0. The number of hydrogen-bond donors (Lipinski definition) is 2. The fourth-order valence-corrected chi connectivity index (χ4v) is 6.63. The van der Waals surface area contributed by atoms with Gasteiger partial charge in [0.05, 0.1) is 12.6 Å². The van der Waals surface area contributed by atoms with E-state index < -0.39 is 12.0 Å². The first kappa shape index (κ1) is 25.5. The Labute approximate surface area is 219 Å². The number of fused-ring (bicyclic) bond motifs is 1. The van der Waals surface area contributed by atoms with Gasteiger partial charge in [-0.2, -0.15) is 0 Å². The second-order valence-electron chi connectivity index (χ2n) is 11.8. The molecule has 1 aliphatic heterocycles. The van der Waals surface area contributed by atoms with Crippen molar-refractivity contribution in [1.29, 1.82) is 0 Å². The second kappa shape index (κ2) is 10.3. The van der Waals surface area contributed by atoms with Gasteiger partial charge in [0.15, 0.2) is 0 Å². The summed E-state index contributed by atoms with van der Waals surface area (Å²) in [6.07, 6.45) is 4.85. The molecule has 37 heavy (non-hydrogen) atoms. The molecule has 6 nitrogen and oxygen atoms in total. The molecule has 1 amide bonds. The van der Waals surface area contributed by atoms with Gasteiger partial charge in [0.1, 0.15) is 17.4 Å². The highest BCUT2D eigenvalue weighted by Crippen LogP contribution is 2.49. The zero-order chi connectivity index (χ0) is 26.2.